The summed E-state index contributed by atoms with van der Waals surface area (Å²) in [5, 5.41) is 6.57. The molecule has 1 fully saturated rings. The first kappa shape index (κ1) is 30.6. The van der Waals surface area contributed by atoms with E-state index in [0.29, 0.717) is 54.6 Å². The molecule has 0 radical (unpaired) electrons. The first-order chi connectivity index (χ1) is 21.4. The van der Waals surface area contributed by atoms with E-state index in [4.69, 9.17) is 19.2 Å². The highest BCUT2D eigenvalue weighted by Gasteiger charge is 2.20. The molecule has 0 spiro atoms. The number of ether oxygens (including phenoxy) is 3. The Bertz CT molecular complexity index is 1720. The number of pyridine rings is 1. The molecule has 1 aliphatic rings. The van der Waals surface area contributed by atoms with Gasteiger partial charge in [0, 0.05) is 61.6 Å². The lowest BCUT2D eigenvalue weighted by Gasteiger charge is -2.26. The van der Waals surface area contributed by atoms with Crippen molar-refractivity contribution in [2.45, 2.75) is 13.0 Å². The van der Waals surface area contributed by atoms with Crippen LogP contribution in [0.25, 0.3) is 22.2 Å². The van der Waals surface area contributed by atoms with E-state index in [2.05, 4.69) is 27.1 Å². The van der Waals surface area contributed by atoms with E-state index < -0.39 is 11.4 Å². The lowest BCUT2D eigenvalue weighted by Crippen LogP contribution is -2.39. The maximum atomic E-state index is 15.5. The predicted molar refractivity (Wildman–Crippen MR) is 167 cm³/mol. The van der Waals surface area contributed by atoms with Gasteiger partial charge in [0.2, 0.25) is 11.9 Å². The molecular formula is C32H35FN6O5. The average molecular weight is 603 g/mol. The largest absolute Gasteiger partial charge is 0.497 e. The van der Waals surface area contributed by atoms with E-state index >= 15 is 4.39 Å². The predicted octanol–water partition coefficient (Wildman–Crippen LogP) is 3.73. The van der Waals surface area contributed by atoms with E-state index in [1.807, 2.05) is 18.2 Å². The minimum atomic E-state index is -0.677. The van der Waals surface area contributed by atoms with E-state index in [1.54, 1.807) is 18.3 Å². The number of carbonyl (C=O) groups excluding carboxylic acids is 1. The molecule has 4 aromatic rings. The molecule has 5 rings (SSSR count). The molecule has 1 aliphatic heterocycles. The number of morpholine rings is 1. The quantitative estimate of drug-likeness (QED) is 0.234. The van der Waals surface area contributed by atoms with E-state index in [-0.39, 0.29) is 29.3 Å². The van der Waals surface area contributed by atoms with Crippen molar-refractivity contribution in [2.24, 2.45) is 0 Å². The molecule has 1 saturated heterocycles. The number of aryl methyl sites for hydroxylation is 2. The molecule has 12 heteroatoms. The topological polar surface area (TPSA) is 120 Å². The number of rotatable bonds is 12. The van der Waals surface area contributed by atoms with Gasteiger partial charge >= 0.3 is 0 Å². The third-order valence-electron chi connectivity index (χ3n) is 7.40. The Morgan fingerprint density at radius 2 is 1.93 bits per heavy atom. The van der Waals surface area contributed by atoms with Crippen molar-refractivity contribution < 1.29 is 23.4 Å². The monoisotopic (exact) mass is 602 g/mol. The smallest absolute Gasteiger partial charge is 0.260 e. The zero-order chi connectivity index (χ0) is 31.1. The zero-order valence-electron chi connectivity index (χ0n) is 24.8. The van der Waals surface area contributed by atoms with Gasteiger partial charge in [-0.1, -0.05) is 18.7 Å². The molecule has 1 amide bonds. The number of carbonyl (C=O) groups is 1. The molecule has 11 nitrogen and oxygen atoms in total. The maximum Gasteiger partial charge on any atom is 0.260 e. The van der Waals surface area contributed by atoms with Crippen molar-refractivity contribution in [3.63, 3.8) is 0 Å². The Labute approximate surface area is 254 Å². The van der Waals surface area contributed by atoms with Crippen LogP contribution in [0.5, 0.6) is 11.5 Å². The second-order valence-electron chi connectivity index (χ2n) is 10.2. The van der Waals surface area contributed by atoms with Gasteiger partial charge in [-0.05, 0) is 42.3 Å². The van der Waals surface area contributed by atoms with Gasteiger partial charge in [-0.25, -0.2) is 9.37 Å². The molecule has 0 aliphatic carbocycles. The van der Waals surface area contributed by atoms with Crippen LogP contribution in [0.4, 0.5) is 16.0 Å². The molecule has 230 valence electrons. The average Bonchev–Trinajstić information content (AvgIpc) is 3.05. The van der Waals surface area contributed by atoms with Crippen LogP contribution in [0.3, 0.4) is 0 Å². The number of anilines is 2. The summed E-state index contributed by atoms with van der Waals surface area (Å²) < 4.78 is 33.1. The molecule has 0 atom stereocenters. The summed E-state index contributed by atoms with van der Waals surface area (Å²) >= 11 is 0. The third kappa shape index (κ3) is 7.04. The first-order valence-electron chi connectivity index (χ1n) is 14.3. The van der Waals surface area contributed by atoms with Crippen molar-refractivity contribution in [1.82, 2.24) is 19.4 Å². The van der Waals surface area contributed by atoms with Gasteiger partial charge in [0.15, 0.2) is 11.6 Å². The van der Waals surface area contributed by atoms with Gasteiger partial charge in [-0.3, -0.25) is 19.1 Å². The fourth-order valence-electron chi connectivity index (χ4n) is 5.07. The number of aromatic nitrogens is 3. The van der Waals surface area contributed by atoms with Crippen molar-refractivity contribution in [3.8, 4) is 22.6 Å². The SMILES string of the molecule is C=CC(=O)Nc1cccc(CCn2c(=O)c(-c3cc(OC)cc(OC)c3F)cc3cnc(NCCN4CCOCC4)nc32)c1. The van der Waals surface area contributed by atoms with Crippen LogP contribution in [0, 0.1) is 5.82 Å². The summed E-state index contributed by atoms with van der Waals surface area (Å²) in [6.07, 6.45) is 3.26. The van der Waals surface area contributed by atoms with Gasteiger partial charge in [0.25, 0.3) is 5.56 Å². The minimum Gasteiger partial charge on any atom is -0.497 e. The van der Waals surface area contributed by atoms with Crippen LogP contribution >= 0.6 is 0 Å². The molecule has 0 saturated carbocycles. The number of hydrogen-bond acceptors (Lipinski definition) is 9. The molecule has 2 aromatic heterocycles. The number of amides is 1. The van der Waals surface area contributed by atoms with Crippen LogP contribution in [-0.4, -0.2) is 79.0 Å². The molecule has 2 aromatic carbocycles. The first-order valence-corrected chi connectivity index (χ1v) is 14.3. The summed E-state index contributed by atoms with van der Waals surface area (Å²) in [6.45, 7) is 8.29. The normalized spacial score (nSPS) is 13.4. The van der Waals surface area contributed by atoms with Crippen LogP contribution in [0.15, 0.2) is 66.1 Å². The van der Waals surface area contributed by atoms with Gasteiger partial charge in [0.05, 0.1) is 33.0 Å². The van der Waals surface area contributed by atoms with E-state index in [1.165, 1.54) is 37.0 Å². The summed E-state index contributed by atoms with van der Waals surface area (Å²) in [6, 6.07) is 11.8. The number of benzene rings is 2. The molecule has 3 heterocycles. The van der Waals surface area contributed by atoms with Crippen molar-refractivity contribution >= 4 is 28.6 Å². The Kier molecular flexibility index (Phi) is 9.82. The Balaban J connectivity index is 1.52. The van der Waals surface area contributed by atoms with Crippen LogP contribution in [0.2, 0.25) is 0 Å². The lowest BCUT2D eigenvalue weighted by molar-refractivity contribution is -0.111. The zero-order valence-corrected chi connectivity index (χ0v) is 24.8. The van der Waals surface area contributed by atoms with Crippen LogP contribution in [-0.2, 0) is 22.5 Å². The number of halogens is 1. The van der Waals surface area contributed by atoms with Gasteiger partial charge in [-0.15, -0.1) is 0 Å². The number of nitrogens with zero attached hydrogens (tertiary/aromatic N) is 4. The number of nitrogens with one attached hydrogen (secondary N) is 2. The lowest BCUT2D eigenvalue weighted by atomic mass is 10.0. The second kappa shape index (κ2) is 14.1. The summed E-state index contributed by atoms with van der Waals surface area (Å²) in [4.78, 5) is 37.4. The number of hydrogen-bond donors (Lipinski definition) is 2. The van der Waals surface area contributed by atoms with Gasteiger partial charge in [0.1, 0.15) is 11.4 Å². The summed E-state index contributed by atoms with van der Waals surface area (Å²) in [7, 11) is 2.81. The Hall–Kier alpha value is -4.81. The van der Waals surface area contributed by atoms with Crippen molar-refractivity contribution in [2.75, 3.05) is 64.2 Å². The van der Waals surface area contributed by atoms with Crippen molar-refractivity contribution in [1.29, 1.82) is 0 Å². The fourth-order valence-corrected chi connectivity index (χ4v) is 5.07. The highest BCUT2D eigenvalue weighted by atomic mass is 19.1. The molecule has 0 unspecified atom stereocenters. The number of fused-ring (bicyclic) bond motifs is 1. The van der Waals surface area contributed by atoms with E-state index in [9.17, 15) is 9.59 Å². The summed E-state index contributed by atoms with van der Waals surface area (Å²) in [5.41, 5.74) is 1.64. The number of methoxy groups -OCH3 is 2. The Morgan fingerprint density at radius 1 is 1.11 bits per heavy atom. The standard InChI is InChI=1S/C32H35FN6O5/c1-4-28(40)36-23-7-5-6-21(16-23)8-10-39-30-22(20-35-32(37-30)34-9-11-38-12-14-44-15-13-38)17-26(31(39)41)25-18-24(42-2)19-27(43-3)29(25)33/h4-7,16-20H,1,8-15H2,2-3H3,(H,36,40)(H,34,35,37). The third-order valence-corrected chi connectivity index (χ3v) is 7.40. The van der Waals surface area contributed by atoms with Gasteiger partial charge < -0.3 is 24.8 Å². The molecule has 2 N–H and O–H groups in total. The molecule has 44 heavy (non-hydrogen) atoms. The van der Waals surface area contributed by atoms with Crippen molar-refractivity contribution in [3.05, 3.63) is 83.1 Å². The Morgan fingerprint density at radius 3 is 2.68 bits per heavy atom. The highest BCUT2D eigenvalue weighted by Crippen LogP contribution is 2.33. The van der Waals surface area contributed by atoms with E-state index in [0.717, 1.165) is 25.2 Å². The molecule has 0 bridgehead atoms. The summed E-state index contributed by atoms with van der Waals surface area (Å²) in [5.74, 6) is -0.309. The van der Waals surface area contributed by atoms with Gasteiger partial charge in [-0.2, -0.15) is 4.98 Å². The maximum absolute atomic E-state index is 15.5. The fraction of sp³-hybridized carbons (Fsp3) is 0.312. The molecular weight excluding hydrogens is 567 g/mol. The van der Waals surface area contributed by atoms with Crippen LogP contribution in [0.1, 0.15) is 5.56 Å². The minimum absolute atomic E-state index is 0.0418. The van der Waals surface area contributed by atoms with Crippen LogP contribution < -0.4 is 25.7 Å². The second-order valence-corrected chi connectivity index (χ2v) is 10.2. The highest BCUT2D eigenvalue weighted by molar-refractivity contribution is 5.98.